The van der Waals surface area contributed by atoms with E-state index in [1.54, 1.807) is 9.80 Å². The Kier molecular flexibility index (Phi) is 10.9. The molecule has 264 valence electrons. The SMILES string of the molecule is CC[C@@H]1C[C@]1(NC(=O)[C@@H]1C[C@@H]2CN1C(=O)[C@H]([C@@H](C)CC)NC(C)CCCCCCc1cccc3c1CN(C3)C(=O)O2)C(=O)NSC1CC1. The number of nitrogens with zero attached hydrogens (tertiary/aromatic N) is 2. The largest absolute Gasteiger partial charge is 0.444 e. The van der Waals surface area contributed by atoms with Gasteiger partial charge in [0.2, 0.25) is 11.8 Å². The molecule has 3 N–H and O–H groups in total. The van der Waals surface area contributed by atoms with Crippen LogP contribution in [0.4, 0.5) is 4.79 Å². The minimum Gasteiger partial charge on any atom is -0.444 e. The molecule has 6 rings (SSSR count). The third kappa shape index (κ3) is 7.67. The lowest BCUT2D eigenvalue weighted by molar-refractivity contribution is -0.142. The van der Waals surface area contributed by atoms with Crippen molar-refractivity contribution in [2.24, 2.45) is 11.8 Å². The summed E-state index contributed by atoms with van der Waals surface area (Å²) in [6, 6.07) is 5.18. The first-order chi connectivity index (χ1) is 23.1. The normalized spacial score (nSPS) is 31.7. The van der Waals surface area contributed by atoms with Gasteiger partial charge in [0.1, 0.15) is 17.7 Å². The Hall–Kier alpha value is -2.79. The van der Waals surface area contributed by atoms with E-state index in [4.69, 9.17) is 4.74 Å². The predicted molar refractivity (Wildman–Crippen MR) is 187 cm³/mol. The van der Waals surface area contributed by atoms with Gasteiger partial charge in [-0.25, -0.2) is 4.79 Å². The Morgan fingerprint density at radius 3 is 2.58 bits per heavy atom. The molecule has 3 heterocycles. The number of nitrogens with one attached hydrogen (secondary N) is 3. The molecule has 5 aliphatic rings. The minimum atomic E-state index is -0.968. The number of hydrogen-bond donors (Lipinski definition) is 3. The molecular weight excluding hydrogens is 627 g/mol. The Bertz CT molecular complexity index is 1370. The second-order valence-corrected chi connectivity index (χ2v) is 16.2. The van der Waals surface area contributed by atoms with E-state index in [0.717, 1.165) is 69.8 Å². The zero-order valence-electron chi connectivity index (χ0n) is 29.2. The molecule has 7 atom stereocenters. The monoisotopic (exact) mass is 681 g/mol. The topological polar surface area (TPSA) is 120 Å². The fraction of sp³-hybridized carbons (Fsp3) is 0.730. The summed E-state index contributed by atoms with van der Waals surface area (Å²) in [4.78, 5) is 59.1. The lowest BCUT2D eigenvalue weighted by atomic mass is 9.95. The molecule has 3 fully saturated rings. The first-order valence-electron chi connectivity index (χ1n) is 18.5. The second-order valence-electron chi connectivity index (χ2n) is 15.1. The van der Waals surface area contributed by atoms with E-state index in [1.807, 2.05) is 6.92 Å². The van der Waals surface area contributed by atoms with Crippen LogP contribution in [0.3, 0.4) is 0 Å². The zero-order valence-corrected chi connectivity index (χ0v) is 30.0. The highest BCUT2D eigenvalue weighted by atomic mass is 32.2. The van der Waals surface area contributed by atoms with Crippen molar-refractivity contribution in [3.63, 3.8) is 0 Å². The van der Waals surface area contributed by atoms with Crippen molar-refractivity contribution in [2.45, 2.75) is 153 Å². The van der Waals surface area contributed by atoms with Crippen LogP contribution in [0.15, 0.2) is 18.2 Å². The van der Waals surface area contributed by atoms with Crippen LogP contribution >= 0.6 is 11.9 Å². The highest BCUT2D eigenvalue weighted by Crippen LogP contribution is 2.47. The molecule has 0 aromatic heterocycles. The molecule has 1 saturated heterocycles. The van der Waals surface area contributed by atoms with Crippen molar-refractivity contribution in [3.8, 4) is 0 Å². The molecular formula is C37H55N5O5S. The number of amides is 4. The van der Waals surface area contributed by atoms with Crippen LogP contribution in [-0.4, -0.2) is 75.2 Å². The second kappa shape index (κ2) is 15.0. The maximum Gasteiger partial charge on any atom is 0.410 e. The van der Waals surface area contributed by atoms with E-state index in [2.05, 4.69) is 54.3 Å². The summed E-state index contributed by atoms with van der Waals surface area (Å²) in [6.45, 7) is 9.48. The molecule has 10 nitrogen and oxygen atoms in total. The Morgan fingerprint density at radius 2 is 1.85 bits per heavy atom. The van der Waals surface area contributed by atoms with Gasteiger partial charge in [-0.2, -0.15) is 0 Å². The number of ether oxygens (including phenoxy) is 1. The molecule has 2 aliphatic carbocycles. The number of carbonyl (C=O) groups excluding carboxylic acids is 4. The summed E-state index contributed by atoms with van der Waals surface area (Å²) >= 11 is 1.45. The van der Waals surface area contributed by atoms with E-state index in [9.17, 15) is 19.2 Å². The number of aryl methyl sites for hydroxylation is 1. The van der Waals surface area contributed by atoms with Gasteiger partial charge in [-0.15, -0.1) is 0 Å². The van der Waals surface area contributed by atoms with Gasteiger partial charge in [-0.3, -0.25) is 24.0 Å². The van der Waals surface area contributed by atoms with Crippen molar-refractivity contribution in [3.05, 3.63) is 34.9 Å². The third-order valence-electron chi connectivity index (χ3n) is 11.4. The van der Waals surface area contributed by atoms with Crippen molar-refractivity contribution in [2.75, 3.05) is 6.54 Å². The first-order valence-corrected chi connectivity index (χ1v) is 19.4. The van der Waals surface area contributed by atoms with E-state index >= 15 is 0 Å². The highest BCUT2D eigenvalue weighted by molar-refractivity contribution is 7.98. The van der Waals surface area contributed by atoms with Crippen LogP contribution in [0.5, 0.6) is 0 Å². The van der Waals surface area contributed by atoms with Gasteiger partial charge in [0.05, 0.1) is 12.6 Å². The summed E-state index contributed by atoms with van der Waals surface area (Å²) in [6.07, 6.45) is 9.91. The number of benzene rings is 1. The number of fused-ring (bicyclic) bond motifs is 3. The maximum absolute atomic E-state index is 14.5. The summed E-state index contributed by atoms with van der Waals surface area (Å²) in [5, 5.41) is 7.20. The smallest absolute Gasteiger partial charge is 0.410 e. The van der Waals surface area contributed by atoms with Crippen molar-refractivity contribution < 1.29 is 23.9 Å². The van der Waals surface area contributed by atoms with Gasteiger partial charge < -0.3 is 20.3 Å². The summed E-state index contributed by atoms with van der Waals surface area (Å²) in [7, 11) is 0. The van der Waals surface area contributed by atoms with Crippen molar-refractivity contribution in [1.29, 1.82) is 0 Å². The van der Waals surface area contributed by atoms with Gasteiger partial charge >= 0.3 is 6.09 Å². The predicted octanol–water partition coefficient (Wildman–Crippen LogP) is 5.22. The fourth-order valence-electron chi connectivity index (χ4n) is 7.88. The number of carbonyl (C=O) groups is 4. The average Bonchev–Trinajstić information content (AvgIpc) is 3.95. The van der Waals surface area contributed by atoms with Gasteiger partial charge in [0.15, 0.2) is 0 Å². The minimum absolute atomic E-state index is 0.0418. The van der Waals surface area contributed by atoms with E-state index in [-0.39, 0.29) is 48.6 Å². The van der Waals surface area contributed by atoms with Crippen LogP contribution in [0.2, 0.25) is 0 Å². The highest BCUT2D eigenvalue weighted by Gasteiger charge is 2.61. The molecule has 1 unspecified atom stereocenters. The number of hydrogen-bond acceptors (Lipinski definition) is 7. The van der Waals surface area contributed by atoms with Crippen molar-refractivity contribution in [1.82, 2.24) is 25.2 Å². The molecule has 3 aliphatic heterocycles. The van der Waals surface area contributed by atoms with Gasteiger partial charge in [-0.1, -0.05) is 71.1 Å². The number of rotatable bonds is 8. The molecule has 11 heteroatoms. The van der Waals surface area contributed by atoms with Crippen LogP contribution in [-0.2, 0) is 38.6 Å². The Balaban J connectivity index is 1.24. The van der Waals surface area contributed by atoms with E-state index in [0.29, 0.717) is 24.8 Å². The van der Waals surface area contributed by atoms with Crippen molar-refractivity contribution >= 4 is 35.8 Å². The summed E-state index contributed by atoms with van der Waals surface area (Å²) in [5.41, 5.74) is 2.72. The lowest BCUT2D eigenvalue weighted by Gasteiger charge is -2.33. The van der Waals surface area contributed by atoms with Crippen LogP contribution in [0.25, 0.3) is 0 Å². The quantitative estimate of drug-likeness (QED) is 0.322. The van der Waals surface area contributed by atoms with Crippen LogP contribution in [0, 0.1) is 11.8 Å². The zero-order chi connectivity index (χ0) is 34.0. The standard InChI is InChI=1S/C37H55N5O5S/c1-5-23(3)32-34(44)42-21-28(18-31(42)33(43)39-37(19-27(37)6-2)35(45)40-48-29-16-17-29)47-36(46)41-20-26-15-11-14-25(30(26)22-41)13-10-8-7-9-12-24(4)38-32/h11,14-15,23-24,27-29,31-32,38H,5-10,12-13,16-22H2,1-4H3,(H,39,43)(H,40,45)/t23-,24?,27+,28+,31-,32-,37+/m0/s1. The van der Waals surface area contributed by atoms with Gasteiger partial charge in [-0.05, 0) is 85.9 Å². The molecule has 1 aromatic carbocycles. The molecule has 0 radical (unpaired) electrons. The summed E-state index contributed by atoms with van der Waals surface area (Å²) < 4.78 is 9.11. The molecule has 4 bridgehead atoms. The Morgan fingerprint density at radius 1 is 1.08 bits per heavy atom. The lowest BCUT2D eigenvalue weighted by Crippen LogP contribution is -2.58. The van der Waals surface area contributed by atoms with E-state index in [1.165, 1.54) is 23.1 Å². The third-order valence-corrected chi connectivity index (χ3v) is 12.5. The Labute approximate surface area is 290 Å². The molecule has 1 aromatic rings. The molecule has 2 saturated carbocycles. The van der Waals surface area contributed by atoms with Gasteiger partial charge in [0, 0.05) is 30.8 Å². The first kappa shape index (κ1) is 35.1. The molecule has 48 heavy (non-hydrogen) atoms. The summed E-state index contributed by atoms with van der Waals surface area (Å²) in [5.74, 6) is -0.561. The van der Waals surface area contributed by atoms with E-state index < -0.39 is 29.8 Å². The van der Waals surface area contributed by atoms with Crippen LogP contribution in [0.1, 0.15) is 115 Å². The molecule has 4 amide bonds. The maximum atomic E-state index is 14.5. The van der Waals surface area contributed by atoms with Crippen LogP contribution < -0.4 is 15.4 Å². The average molecular weight is 682 g/mol. The molecule has 0 spiro atoms. The fourth-order valence-corrected chi connectivity index (χ4v) is 8.70. The van der Waals surface area contributed by atoms with Gasteiger partial charge in [0.25, 0.3) is 5.91 Å².